The summed E-state index contributed by atoms with van der Waals surface area (Å²) in [4.78, 5) is 14.2. The van der Waals surface area contributed by atoms with Crippen molar-refractivity contribution in [2.24, 2.45) is 4.99 Å². The Bertz CT molecular complexity index is 623. The van der Waals surface area contributed by atoms with E-state index in [4.69, 9.17) is 9.73 Å². The third-order valence-electron chi connectivity index (χ3n) is 5.53. The summed E-state index contributed by atoms with van der Waals surface area (Å²) in [6.07, 6.45) is 4.53. The summed E-state index contributed by atoms with van der Waals surface area (Å²) < 4.78 is 5.62. The summed E-state index contributed by atoms with van der Waals surface area (Å²) in [5.41, 5.74) is 1.12. The molecule has 31 heavy (non-hydrogen) atoms. The number of aromatic nitrogens is 1. The van der Waals surface area contributed by atoms with Crippen LogP contribution in [0, 0.1) is 0 Å². The van der Waals surface area contributed by atoms with E-state index in [1.165, 1.54) is 6.42 Å². The first kappa shape index (κ1) is 27.9. The number of nitrogens with zero attached hydrogens (tertiary/aromatic N) is 4. The van der Waals surface area contributed by atoms with Crippen LogP contribution in [0.3, 0.4) is 0 Å². The lowest BCUT2D eigenvalue weighted by molar-refractivity contribution is 0.0529. The van der Waals surface area contributed by atoms with Crippen molar-refractivity contribution < 1.29 is 4.74 Å². The topological polar surface area (TPSA) is 65.0 Å². The highest BCUT2D eigenvalue weighted by atomic mass is 127. The van der Waals surface area contributed by atoms with Crippen molar-refractivity contribution in [3.8, 4) is 0 Å². The zero-order chi connectivity index (χ0) is 21.8. The molecule has 0 radical (unpaired) electrons. The Balaban J connectivity index is 0.00000480. The normalized spacial score (nSPS) is 17.9. The molecule has 8 heteroatoms. The molecule has 0 aliphatic carbocycles. The molecule has 0 saturated carbocycles. The van der Waals surface area contributed by atoms with Crippen molar-refractivity contribution >= 4 is 35.8 Å². The fraction of sp³-hybridized carbons (Fsp3) is 0.739. The first-order valence-corrected chi connectivity index (χ1v) is 11.6. The van der Waals surface area contributed by atoms with Gasteiger partial charge in [-0.3, -0.25) is 0 Å². The lowest BCUT2D eigenvalue weighted by Crippen LogP contribution is -2.42. The Morgan fingerprint density at radius 2 is 2.10 bits per heavy atom. The third kappa shape index (κ3) is 10.4. The zero-order valence-electron chi connectivity index (χ0n) is 20.1. The van der Waals surface area contributed by atoms with Gasteiger partial charge in [0, 0.05) is 31.9 Å². The van der Waals surface area contributed by atoms with Crippen LogP contribution >= 0.6 is 24.0 Å². The van der Waals surface area contributed by atoms with Crippen molar-refractivity contribution in [3.63, 3.8) is 0 Å². The van der Waals surface area contributed by atoms with E-state index < -0.39 is 0 Å². The molecule has 1 aliphatic heterocycles. The van der Waals surface area contributed by atoms with Gasteiger partial charge in [-0.2, -0.15) is 0 Å². The number of morpholine rings is 1. The van der Waals surface area contributed by atoms with Crippen LogP contribution in [-0.4, -0.2) is 73.9 Å². The summed E-state index contributed by atoms with van der Waals surface area (Å²) in [6, 6.07) is 4.62. The van der Waals surface area contributed by atoms with Gasteiger partial charge in [-0.1, -0.05) is 19.9 Å². The second-order valence-corrected chi connectivity index (χ2v) is 8.06. The minimum Gasteiger partial charge on any atom is -0.375 e. The Kier molecular flexibility index (Phi) is 14.1. The molecular formula is C23H43IN6O. The molecule has 2 N–H and O–H groups in total. The van der Waals surface area contributed by atoms with Crippen LogP contribution in [0.4, 0.5) is 5.82 Å². The number of pyridine rings is 1. The van der Waals surface area contributed by atoms with Gasteiger partial charge in [-0.25, -0.2) is 9.98 Å². The number of aliphatic imine (C=N–C) groups is 1. The first-order chi connectivity index (χ1) is 14.5. The summed E-state index contributed by atoms with van der Waals surface area (Å²) in [6.45, 7) is 18.3. The summed E-state index contributed by atoms with van der Waals surface area (Å²) in [5, 5.41) is 6.90. The highest BCUT2D eigenvalue weighted by Crippen LogP contribution is 2.15. The Labute approximate surface area is 206 Å². The van der Waals surface area contributed by atoms with Crippen LogP contribution in [0.1, 0.15) is 53.0 Å². The molecular weight excluding hydrogens is 503 g/mol. The van der Waals surface area contributed by atoms with Crippen LogP contribution in [0.15, 0.2) is 23.3 Å². The smallest absolute Gasteiger partial charge is 0.191 e. The van der Waals surface area contributed by atoms with E-state index in [1.54, 1.807) is 0 Å². The molecule has 0 aromatic carbocycles. The summed E-state index contributed by atoms with van der Waals surface area (Å²) >= 11 is 0. The maximum atomic E-state index is 5.62. The van der Waals surface area contributed by atoms with E-state index in [0.29, 0.717) is 12.6 Å². The number of hydrogen-bond donors (Lipinski definition) is 2. The molecule has 2 unspecified atom stereocenters. The van der Waals surface area contributed by atoms with E-state index in [-0.39, 0.29) is 30.1 Å². The molecule has 0 bridgehead atoms. The SMILES string of the molecule is CCNC(=NCc1ccc(N2CCOC(C)C2)nc1)NC(C)CCCN(CC)CC.I. The fourth-order valence-electron chi connectivity index (χ4n) is 3.68. The number of nitrogens with one attached hydrogen (secondary N) is 2. The molecule has 1 aliphatic rings. The monoisotopic (exact) mass is 546 g/mol. The van der Waals surface area contributed by atoms with Crippen LogP contribution < -0.4 is 15.5 Å². The maximum absolute atomic E-state index is 5.62. The standard InChI is InChI=1S/C23H42N6O.HI/c1-6-24-23(27-19(4)10-9-13-28(7-2)8-3)26-17-21-11-12-22(25-16-21)29-14-15-30-20(5)18-29;/h11-12,16,19-20H,6-10,13-15,17-18H2,1-5H3,(H2,24,26,27);1H. The predicted molar refractivity (Wildman–Crippen MR) is 142 cm³/mol. The minimum absolute atomic E-state index is 0. The summed E-state index contributed by atoms with van der Waals surface area (Å²) in [5.74, 6) is 1.89. The Morgan fingerprint density at radius 3 is 2.71 bits per heavy atom. The van der Waals surface area contributed by atoms with Crippen molar-refractivity contribution in [2.75, 3.05) is 50.8 Å². The van der Waals surface area contributed by atoms with Gasteiger partial charge in [0.1, 0.15) is 5.82 Å². The van der Waals surface area contributed by atoms with E-state index >= 15 is 0 Å². The highest BCUT2D eigenvalue weighted by molar-refractivity contribution is 14.0. The number of anilines is 1. The Hall–Kier alpha value is -1.13. The quantitative estimate of drug-likeness (QED) is 0.252. The number of ether oxygens (including phenoxy) is 1. The van der Waals surface area contributed by atoms with Crippen molar-refractivity contribution in [1.29, 1.82) is 0 Å². The second kappa shape index (κ2) is 15.6. The van der Waals surface area contributed by atoms with Crippen LogP contribution in [0.2, 0.25) is 0 Å². The minimum atomic E-state index is 0. The molecule has 7 nitrogen and oxygen atoms in total. The largest absolute Gasteiger partial charge is 0.375 e. The van der Waals surface area contributed by atoms with Gasteiger partial charge in [0.25, 0.3) is 0 Å². The highest BCUT2D eigenvalue weighted by Gasteiger charge is 2.17. The van der Waals surface area contributed by atoms with Gasteiger partial charge in [0.2, 0.25) is 0 Å². The van der Waals surface area contributed by atoms with Crippen LogP contribution in [0.25, 0.3) is 0 Å². The van der Waals surface area contributed by atoms with Gasteiger partial charge in [-0.05, 0) is 64.9 Å². The molecule has 2 rings (SSSR count). The molecule has 178 valence electrons. The maximum Gasteiger partial charge on any atom is 0.191 e. The van der Waals surface area contributed by atoms with Gasteiger partial charge < -0.3 is 25.2 Å². The van der Waals surface area contributed by atoms with Crippen LogP contribution in [0.5, 0.6) is 0 Å². The van der Waals surface area contributed by atoms with E-state index in [1.807, 2.05) is 6.20 Å². The van der Waals surface area contributed by atoms with E-state index in [2.05, 4.69) is 72.2 Å². The number of hydrogen-bond acceptors (Lipinski definition) is 5. The van der Waals surface area contributed by atoms with Crippen LogP contribution in [-0.2, 0) is 11.3 Å². The lowest BCUT2D eigenvalue weighted by atomic mass is 10.2. The molecule has 1 aromatic heterocycles. The number of halogens is 1. The molecule has 2 heterocycles. The van der Waals surface area contributed by atoms with Crippen molar-refractivity contribution in [1.82, 2.24) is 20.5 Å². The third-order valence-corrected chi connectivity index (χ3v) is 5.53. The Morgan fingerprint density at radius 1 is 1.32 bits per heavy atom. The average Bonchev–Trinajstić information content (AvgIpc) is 2.75. The molecule has 2 atom stereocenters. The second-order valence-electron chi connectivity index (χ2n) is 8.06. The predicted octanol–water partition coefficient (Wildman–Crippen LogP) is 3.49. The van der Waals surface area contributed by atoms with Gasteiger partial charge in [0.15, 0.2) is 5.96 Å². The van der Waals surface area contributed by atoms with E-state index in [9.17, 15) is 0 Å². The zero-order valence-corrected chi connectivity index (χ0v) is 22.4. The molecule has 1 fully saturated rings. The average molecular weight is 547 g/mol. The van der Waals surface area contributed by atoms with Crippen molar-refractivity contribution in [3.05, 3.63) is 23.9 Å². The number of rotatable bonds is 11. The molecule has 1 saturated heterocycles. The molecule has 1 aromatic rings. The van der Waals surface area contributed by atoms with Gasteiger partial charge >= 0.3 is 0 Å². The van der Waals surface area contributed by atoms with Gasteiger partial charge in [0.05, 0.1) is 19.3 Å². The van der Waals surface area contributed by atoms with Crippen molar-refractivity contribution in [2.45, 2.75) is 66.2 Å². The first-order valence-electron chi connectivity index (χ1n) is 11.6. The molecule has 0 amide bonds. The van der Waals surface area contributed by atoms with Gasteiger partial charge in [-0.15, -0.1) is 24.0 Å². The summed E-state index contributed by atoms with van der Waals surface area (Å²) in [7, 11) is 0. The van der Waals surface area contributed by atoms with E-state index in [0.717, 1.165) is 69.6 Å². The molecule has 0 spiro atoms. The number of guanidine groups is 1. The lowest BCUT2D eigenvalue weighted by Gasteiger charge is -2.32. The fourth-order valence-corrected chi connectivity index (χ4v) is 3.68.